The molecule has 4 atom stereocenters. The van der Waals surface area contributed by atoms with E-state index in [1.165, 1.54) is 18.2 Å². The van der Waals surface area contributed by atoms with E-state index in [1.807, 2.05) is 39.5 Å². The number of benzene rings is 2. The highest BCUT2D eigenvalue weighted by Gasteiger charge is 2.47. The number of nitrogens with one attached hydrogen (secondary N) is 1. The van der Waals surface area contributed by atoms with Crippen molar-refractivity contribution in [2.75, 3.05) is 35.2 Å². The van der Waals surface area contributed by atoms with Crippen LogP contribution >= 0.6 is 21.3 Å². The smallest absolute Gasteiger partial charge is 0.172 e. The Morgan fingerprint density at radius 1 is 1.05 bits per heavy atom. The monoisotopic (exact) mass is 618 g/mol. The molecule has 5 rings (SSSR count). The Kier molecular flexibility index (Phi) is 8.37. The van der Waals surface area contributed by atoms with Crippen molar-refractivity contribution in [3.8, 4) is 0 Å². The molecule has 0 aliphatic carbocycles. The van der Waals surface area contributed by atoms with E-state index in [0.29, 0.717) is 42.7 Å². The molecule has 2 aromatic carbocycles. The number of nitrogens with zero attached hydrogens (tertiary/aromatic N) is 4. The van der Waals surface area contributed by atoms with Crippen LogP contribution in [-0.4, -0.2) is 71.5 Å². The molecule has 37 heavy (non-hydrogen) atoms. The minimum Gasteiger partial charge on any atom is -0.387 e. The maximum atomic E-state index is 10.7. The first kappa shape index (κ1) is 26.1. The summed E-state index contributed by atoms with van der Waals surface area (Å²) in [6.45, 7) is 1.18. The summed E-state index contributed by atoms with van der Waals surface area (Å²) in [7, 11) is 1.53. The Bertz CT molecular complexity index is 1180. The molecule has 11 heteroatoms. The van der Waals surface area contributed by atoms with Gasteiger partial charge in [-0.25, -0.2) is 9.97 Å². The molecule has 10 nitrogen and oxygen atoms in total. The number of hydrogen-bond acceptors (Lipinski definition) is 10. The fraction of sp³-hybridized carbons (Fsp3) is 0.385. The molecule has 5 N–H and O–H groups in total. The number of rotatable bonds is 10. The lowest BCUT2D eigenvalue weighted by Gasteiger charge is -2.25. The van der Waals surface area contributed by atoms with Gasteiger partial charge in [0.25, 0.3) is 0 Å². The molecule has 3 aromatic rings. The van der Waals surface area contributed by atoms with Gasteiger partial charge in [-0.1, -0.05) is 60.7 Å². The molecule has 196 valence electrons. The van der Waals surface area contributed by atoms with Gasteiger partial charge in [-0.3, -0.25) is 3.11 Å². The Balaban J connectivity index is 1.44. The van der Waals surface area contributed by atoms with Crippen molar-refractivity contribution in [3.63, 3.8) is 0 Å². The number of hydrogen-bond donors (Lipinski definition) is 4. The summed E-state index contributed by atoms with van der Waals surface area (Å²) >= 11 is -0.950. The summed E-state index contributed by atoms with van der Waals surface area (Å²) in [5, 5.41) is 24.7. The Hall–Kier alpha value is -2.55. The number of methoxy groups -OCH3 is 1. The van der Waals surface area contributed by atoms with Crippen LogP contribution in [0.2, 0.25) is 0 Å². The van der Waals surface area contributed by atoms with E-state index in [9.17, 15) is 10.2 Å². The molecule has 1 saturated heterocycles. The zero-order chi connectivity index (χ0) is 25.8. The second-order valence-electron chi connectivity index (χ2n) is 8.93. The Morgan fingerprint density at radius 2 is 1.73 bits per heavy atom. The normalized spacial score (nSPS) is 22.8. The van der Waals surface area contributed by atoms with E-state index in [0.717, 1.165) is 0 Å². The minimum absolute atomic E-state index is 0.100. The van der Waals surface area contributed by atoms with Gasteiger partial charge in [-0.05, 0) is 17.7 Å². The highest BCUT2D eigenvalue weighted by atomic mass is 127. The predicted octanol–water partition coefficient (Wildman–Crippen LogP) is 2.84. The Labute approximate surface area is 226 Å². The van der Waals surface area contributed by atoms with Crippen LogP contribution in [0, 0.1) is 0 Å². The maximum Gasteiger partial charge on any atom is 0.172 e. The lowest BCUT2D eigenvalue weighted by atomic mass is 9.91. The van der Waals surface area contributed by atoms with Crippen LogP contribution in [-0.2, 0) is 15.9 Å². The van der Waals surface area contributed by atoms with Crippen molar-refractivity contribution in [2.24, 2.45) is 8.88 Å². The lowest BCUT2D eigenvalue weighted by molar-refractivity contribution is -0.0293. The molecular weight excluding hydrogens is 587 g/mol. The third kappa shape index (κ3) is 5.52. The van der Waals surface area contributed by atoms with Gasteiger partial charge in [0.15, 0.2) is 23.6 Å². The summed E-state index contributed by atoms with van der Waals surface area (Å²) in [6.07, 6.45) is -3.05. The van der Waals surface area contributed by atoms with Crippen molar-refractivity contribution >= 4 is 38.6 Å². The molecule has 1 aromatic heterocycles. The largest absolute Gasteiger partial charge is 0.387 e. The zero-order valence-electron chi connectivity index (χ0n) is 20.4. The van der Waals surface area contributed by atoms with Crippen molar-refractivity contribution in [2.45, 2.75) is 36.9 Å². The zero-order valence-corrected chi connectivity index (χ0v) is 22.6. The first-order chi connectivity index (χ1) is 18.1. The molecular formula is C26H31IN6O4. The van der Waals surface area contributed by atoms with E-state index in [-0.39, 0.29) is 12.5 Å². The van der Waals surface area contributed by atoms with Crippen LogP contribution in [0.1, 0.15) is 22.9 Å². The minimum atomic E-state index is -1.11. The van der Waals surface area contributed by atoms with E-state index < -0.39 is 45.8 Å². The fourth-order valence-corrected chi connectivity index (χ4v) is 6.71. The van der Waals surface area contributed by atoms with Gasteiger partial charge in [0, 0.05) is 26.0 Å². The Morgan fingerprint density at radius 3 is 2.35 bits per heavy atom. The van der Waals surface area contributed by atoms with Gasteiger partial charge in [-0.15, -0.1) is 0 Å². The van der Waals surface area contributed by atoms with E-state index in [2.05, 4.69) is 29.6 Å². The van der Waals surface area contributed by atoms with Gasteiger partial charge < -0.3 is 30.7 Å². The number of anilines is 2. The molecule has 0 bridgehead atoms. The second kappa shape index (κ2) is 11.9. The van der Waals surface area contributed by atoms with Gasteiger partial charge in [0.05, 0.1) is 6.61 Å². The van der Waals surface area contributed by atoms with Gasteiger partial charge in [0.2, 0.25) is 0 Å². The van der Waals surface area contributed by atoms with Gasteiger partial charge >= 0.3 is 0 Å². The highest BCUT2D eigenvalue weighted by molar-refractivity contribution is 14.2. The standard InChI is InChI=1S/C26H31IN6O4/c1-36-15-19-22(34)23(35)26(37-19)33-25-21(32-27-33)24(30-20(31-25)12-13-28)29-14-18(16-8-4-2-5-9-16)17-10-6-3-7-11-17/h2-11,18-19,22-23,26,34-35H,12-15,28H2,1H3,(H,29,30,31)/t19-,22-,23-,26-/m1/s1. The van der Waals surface area contributed by atoms with Crippen LogP contribution in [0.4, 0.5) is 17.3 Å². The fourth-order valence-electron chi connectivity index (χ4n) is 4.57. The van der Waals surface area contributed by atoms with Gasteiger partial charge in [0.1, 0.15) is 45.4 Å². The summed E-state index contributed by atoms with van der Waals surface area (Å²) in [6, 6.07) is 20.7. The molecule has 0 spiro atoms. The third-order valence-electron chi connectivity index (χ3n) is 6.46. The van der Waals surface area contributed by atoms with Crippen molar-refractivity contribution in [1.29, 1.82) is 0 Å². The van der Waals surface area contributed by atoms with Crippen molar-refractivity contribution < 1.29 is 19.7 Å². The van der Waals surface area contributed by atoms with Crippen LogP contribution in [0.15, 0.2) is 63.8 Å². The molecule has 0 unspecified atom stereocenters. The molecule has 2 aliphatic heterocycles. The average molecular weight is 618 g/mol. The SMILES string of the molecule is COC[C@H]1O[C@@H](N2I=Nc3c(NCC(c4ccccc4)c4ccccc4)nc(CCN)nc32)[C@H](O)[C@@H]1O. The van der Waals surface area contributed by atoms with Gasteiger partial charge in [-0.2, -0.15) is 3.15 Å². The molecule has 0 saturated carbocycles. The number of ether oxygens (including phenoxy) is 2. The summed E-state index contributed by atoms with van der Waals surface area (Å²) in [5.41, 5.74) is 8.87. The second-order valence-corrected chi connectivity index (χ2v) is 10.9. The average Bonchev–Trinajstić information content (AvgIpc) is 3.47. The van der Waals surface area contributed by atoms with Crippen molar-refractivity contribution in [3.05, 3.63) is 77.6 Å². The lowest BCUT2D eigenvalue weighted by Crippen LogP contribution is -2.39. The molecule has 0 amide bonds. The number of halogens is 1. The van der Waals surface area contributed by atoms with Crippen LogP contribution in [0.5, 0.6) is 0 Å². The first-order valence-corrected chi connectivity index (χ1v) is 14.1. The number of fused-ring (bicyclic) bond motifs is 1. The van der Waals surface area contributed by atoms with E-state index in [1.54, 1.807) is 0 Å². The summed E-state index contributed by atoms with van der Waals surface area (Å²) in [4.78, 5) is 9.48. The van der Waals surface area contributed by atoms with E-state index in [4.69, 9.17) is 28.3 Å². The first-order valence-electron chi connectivity index (χ1n) is 12.2. The molecule has 1 fully saturated rings. The quantitative estimate of drug-likeness (QED) is 0.200. The molecule has 2 aliphatic rings. The topological polar surface area (TPSA) is 138 Å². The van der Waals surface area contributed by atoms with Crippen LogP contribution in [0.3, 0.4) is 0 Å². The summed E-state index contributed by atoms with van der Waals surface area (Å²) < 4.78 is 17.8. The van der Waals surface area contributed by atoms with E-state index >= 15 is 0 Å². The molecule has 0 radical (unpaired) electrons. The number of nitrogens with two attached hydrogens (primary N) is 1. The van der Waals surface area contributed by atoms with Crippen molar-refractivity contribution in [1.82, 2.24) is 9.97 Å². The molecule has 3 heterocycles. The number of aliphatic hydroxyl groups is 2. The third-order valence-corrected chi connectivity index (χ3v) is 8.62. The number of aromatic nitrogens is 2. The predicted molar refractivity (Wildman–Crippen MR) is 149 cm³/mol. The maximum absolute atomic E-state index is 10.7. The van der Waals surface area contributed by atoms with Crippen LogP contribution in [0.25, 0.3) is 0 Å². The number of aliphatic hydroxyl groups excluding tert-OH is 2. The van der Waals surface area contributed by atoms with Crippen LogP contribution < -0.4 is 14.2 Å². The highest BCUT2D eigenvalue weighted by Crippen LogP contribution is 2.48. The summed E-state index contributed by atoms with van der Waals surface area (Å²) in [5.74, 6) is 1.92.